The molecule has 0 unspecified atom stereocenters. The van der Waals surface area contributed by atoms with Gasteiger partial charge in [-0.3, -0.25) is 0 Å². The van der Waals surface area contributed by atoms with Gasteiger partial charge in [0, 0.05) is 11.4 Å². The van der Waals surface area contributed by atoms with Crippen molar-refractivity contribution in [2.45, 2.75) is 19.9 Å². The van der Waals surface area contributed by atoms with Crippen LogP contribution in [0.15, 0.2) is 60.7 Å². The van der Waals surface area contributed by atoms with E-state index in [1.807, 2.05) is 74.5 Å². The Morgan fingerprint density at radius 3 is 1.35 bits per heavy atom. The number of para-hydroxylation sites is 2. The fourth-order valence-electron chi connectivity index (χ4n) is 1.21. The molecule has 0 saturated heterocycles. The largest absolute Gasteiger partial charge is 0.356 e. The third-order valence-electron chi connectivity index (χ3n) is 1.84. The predicted molar refractivity (Wildman–Crippen MR) is 75.5 cm³/mol. The molecule has 0 spiro atoms. The molecule has 0 heterocycles. The van der Waals surface area contributed by atoms with Gasteiger partial charge < -0.3 is 11.1 Å². The number of benzene rings is 2. The van der Waals surface area contributed by atoms with Crippen LogP contribution in [0.1, 0.15) is 13.8 Å². The van der Waals surface area contributed by atoms with Gasteiger partial charge >= 0.3 is 0 Å². The summed E-state index contributed by atoms with van der Waals surface area (Å²) in [6.45, 7) is 3.89. The fraction of sp³-hybridized carbons (Fsp3) is 0.200. The standard InChI is InChI=1S/C12H11N.C3H9N/c1-3-7-11(8-4-1)13-12-9-5-2-6-10-12;1-3(2)4/h1-10,13H;3H,4H2,1-2H3. The van der Waals surface area contributed by atoms with Crippen molar-refractivity contribution in [3.63, 3.8) is 0 Å². The maximum Gasteiger partial charge on any atom is 0.0384 e. The van der Waals surface area contributed by atoms with Crippen molar-refractivity contribution in [3.05, 3.63) is 60.7 Å². The number of rotatable bonds is 2. The minimum absolute atomic E-state index is 0.333. The zero-order valence-electron chi connectivity index (χ0n) is 10.4. The van der Waals surface area contributed by atoms with Crippen molar-refractivity contribution in [2.75, 3.05) is 5.32 Å². The molecule has 0 radical (unpaired) electrons. The van der Waals surface area contributed by atoms with Crippen LogP contribution in [0.25, 0.3) is 0 Å². The second kappa shape index (κ2) is 7.47. The quantitative estimate of drug-likeness (QED) is 0.820. The molecule has 0 aromatic heterocycles. The first kappa shape index (κ1) is 13.3. The molecule has 0 aliphatic carbocycles. The molecule has 0 aliphatic rings. The second-order valence-electron chi connectivity index (χ2n) is 4.10. The number of nitrogens with one attached hydrogen (secondary N) is 1. The number of nitrogens with two attached hydrogens (primary N) is 1. The van der Waals surface area contributed by atoms with Gasteiger partial charge in [-0.2, -0.15) is 0 Å². The van der Waals surface area contributed by atoms with Crippen LogP contribution in [-0.2, 0) is 0 Å². The summed E-state index contributed by atoms with van der Waals surface area (Å²) in [5.74, 6) is 0. The molecule has 0 fully saturated rings. The Hall–Kier alpha value is -1.80. The molecule has 2 nitrogen and oxygen atoms in total. The predicted octanol–water partition coefficient (Wildman–Crippen LogP) is 3.78. The van der Waals surface area contributed by atoms with Crippen LogP contribution in [0.4, 0.5) is 11.4 Å². The van der Waals surface area contributed by atoms with E-state index in [1.165, 1.54) is 0 Å². The Labute approximate surface area is 103 Å². The monoisotopic (exact) mass is 228 g/mol. The summed E-state index contributed by atoms with van der Waals surface area (Å²) >= 11 is 0. The minimum atomic E-state index is 0.333. The minimum Gasteiger partial charge on any atom is -0.356 e. The molecule has 2 rings (SSSR count). The van der Waals surface area contributed by atoms with E-state index >= 15 is 0 Å². The van der Waals surface area contributed by atoms with Crippen LogP contribution in [0, 0.1) is 0 Å². The lowest BCUT2D eigenvalue weighted by molar-refractivity contribution is 0.834. The van der Waals surface area contributed by atoms with Crippen molar-refractivity contribution >= 4 is 11.4 Å². The summed E-state index contributed by atoms with van der Waals surface area (Å²) < 4.78 is 0. The maximum atomic E-state index is 5.11. The zero-order valence-corrected chi connectivity index (χ0v) is 10.4. The van der Waals surface area contributed by atoms with Crippen LogP contribution < -0.4 is 11.1 Å². The molecule has 0 bridgehead atoms. The molecular formula is C15H20N2. The molecule has 2 aromatic carbocycles. The highest BCUT2D eigenvalue weighted by molar-refractivity contribution is 5.58. The molecule has 0 atom stereocenters. The highest BCUT2D eigenvalue weighted by atomic mass is 14.9. The molecule has 3 N–H and O–H groups in total. The van der Waals surface area contributed by atoms with E-state index in [-0.39, 0.29) is 0 Å². The van der Waals surface area contributed by atoms with Gasteiger partial charge in [0.2, 0.25) is 0 Å². The Bertz CT molecular complexity index is 356. The first-order chi connectivity index (χ1) is 8.18. The van der Waals surface area contributed by atoms with Gasteiger partial charge in [0.1, 0.15) is 0 Å². The van der Waals surface area contributed by atoms with Crippen molar-refractivity contribution in [2.24, 2.45) is 5.73 Å². The first-order valence-electron chi connectivity index (χ1n) is 5.81. The normalized spacial score (nSPS) is 9.41. The smallest absolute Gasteiger partial charge is 0.0384 e. The van der Waals surface area contributed by atoms with E-state index in [2.05, 4.69) is 5.32 Å². The fourth-order valence-corrected chi connectivity index (χ4v) is 1.21. The average Bonchev–Trinajstić information content (AvgIpc) is 2.31. The van der Waals surface area contributed by atoms with Crippen molar-refractivity contribution in [3.8, 4) is 0 Å². The van der Waals surface area contributed by atoms with Gasteiger partial charge in [-0.05, 0) is 30.3 Å². The summed E-state index contributed by atoms with van der Waals surface area (Å²) in [5, 5.41) is 3.30. The van der Waals surface area contributed by atoms with Crippen molar-refractivity contribution in [1.82, 2.24) is 0 Å². The van der Waals surface area contributed by atoms with Crippen LogP contribution >= 0.6 is 0 Å². The topological polar surface area (TPSA) is 38.0 Å². The lowest BCUT2D eigenvalue weighted by Gasteiger charge is -2.04. The lowest BCUT2D eigenvalue weighted by atomic mass is 10.3. The summed E-state index contributed by atoms with van der Waals surface area (Å²) in [6.07, 6.45) is 0. The molecule has 0 amide bonds. The average molecular weight is 228 g/mol. The van der Waals surface area contributed by atoms with Crippen LogP contribution in [0.5, 0.6) is 0 Å². The summed E-state index contributed by atoms with van der Waals surface area (Å²) in [4.78, 5) is 0. The molecular weight excluding hydrogens is 208 g/mol. The van der Waals surface area contributed by atoms with Crippen molar-refractivity contribution < 1.29 is 0 Å². The second-order valence-corrected chi connectivity index (χ2v) is 4.10. The van der Waals surface area contributed by atoms with E-state index < -0.39 is 0 Å². The molecule has 90 valence electrons. The number of hydrogen-bond acceptors (Lipinski definition) is 2. The SMILES string of the molecule is CC(C)N.c1ccc(Nc2ccccc2)cc1. The van der Waals surface area contributed by atoms with Gasteiger partial charge in [-0.15, -0.1) is 0 Å². The Balaban J connectivity index is 0.000000317. The van der Waals surface area contributed by atoms with Crippen LogP contribution in [0.3, 0.4) is 0 Å². The third kappa shape index (κ3) is 6.38. The van der Waals surface area contributed by atoms with Gasteiger partial charge in [0.25, 0.3) is 0 Å². The van der Waals surface area contributed by atoms with Crippen LogP contribution in [-0.4, -0.2) is 6.04 Å². The highest BCUT2D eigenvalue weighted by Gasteiger charge is 1.89. The summed E-state index contributed by atoms with van der Waals surface area (Å²) in [6, 6.07) is 20.6. The number of anilines is 2. The highest BCUT2D eigenvalue weighted by Crippen LogP contribution is 2.14. The van der Waals surface area contributed by atoms with E-state index in [4.69, 9.17) is 5.73 Å². The summed E-state index contributed by atoms with van der Waals surface area (Å²) in [5.41, 5.74) is 7.35. The van der Waals surface area contributed by atoms with Crippen molar-refractivity contribution in [1.29, 1.82) is 0 Å². The molecule has 17 heavy (non-hydrogen) atoms. The third-order valence-corrected chi connectivity index (χ3v) is 1.84. The maximum absolute atomic E-state index is 5.11. The number of hydrogen-bond donors (Lipinski definition) is 2. The zero-order chi connectivity index (χ0) is 12.5. The first-order valence-corrected chi connectivity index (χ1v) is 5.81. The van der Waals surface area contributed by atoms with Gasteiger partial charge in [-0.25, -0.2) is 0 Å². The molecule has 2 aromatic rings. The summed E-state index contributed by atoms with van der Waals surface area (Å²) in [7, 11) is 0. The lowest BCUT2D eigenvalue weighted by Crippen LogP contribution is -2.06. The Morgan fingerprint density at radius 2 is 1.06 bits per heavy atom. The molecule has 0 saturated carbocycles. The van der Waals surface area contributed by atoms with E-state index in [1.54, 1.807) is 0 Å². The Kier molecular flexibility index (Phi) is 5.83. The van der Waals surface area contributed by atoms with E-state index in [0.717, 1.165) is 11.4 Å². The molecule has 2 heteroatoms. The van der Waals surface area contributed by atoms with Crippen LogP contribution in [0.2, 0.25) is 0 Å². The van der Waals surface area contributed by atoms with Gasteiger partial charge in [-0.1, -0.05) is 50.2 Å². The van der Waals surface area contributed by atoms with E-state index in [0.29, 0.717) is 6.04 Å². The van der Waals surface area contributed by atoms with Gasteiger partial charge in [0.15, 0.2) is 0 Å². The molecule has 0 aliphatic heterocycles. The Morgan fingerprint density at radius 1 is 0.765 bits per heavy atom. The van der Waals surface area contributed by atoms with Gasteiger partial charge in [0.05, 0.1) is 0 Å². The van der Waals surface area contributed by atoms with E-state index in [9.17, 15) is 0 Å².